The first-order valence-electron chi connectivity index (χ1n) is 8.37. The van der Waals surface area contributed by atoms with Crippen LogP contribution in [0, 0.1) is 0 Å². The van der Waals surface area contributed by atoms with Gasteiger partial charge < -0.3 is 19.4 Å². The van der Waals surface area contributed by atoms with E-state index in [2.05, 4.69) is 4.98 Å². The lowest BCUT2D eigenvalue weighted by molar-refractivity contribution is -0.0229. The van der Waals surface area contributed by atoms with Crippen molar-refractivity contribution < 1.29 is 14.3 Å². The summed E-state index contributed by atoms with van der Waals surface area (Å²) in [6.07, 6.45) is -0.0802. The van der Waals surface area contributed by atoms with Crippen molar-refractivity contribution in [3.8, 4) is 5.75 Å². The van der Waals surface area contributed by atoms with Crippen molar-refractivity contribution >= 4 is 16.8 Å². The number of hydrogen-bond acceptors (Lipinski definition) is 3. The number of benzene rings is 2. The van der Waals surface area contributed by atoms with Crippen LogP contribution in [-0.4, -0.2) is 42.6 Å². The third-order valence-electron chi connectivity index (χ3n) is 4.59. The maximum absolute atomic E-state index is 12.9. The quantitative estimate of drug-likeness (QED) is 0.798. The number of amides is 1. The molecule has 4 rings (SSSR count). The summed E-state index contributed by atoms with van der Waals surface area (Å²) >= 11 is 0. The first-order valence-corrected chi connectivity index (χ1v) is 8.37. The summed E-state index contributed by atoms with van der Waals surface area (Å²) in [5.74, 6) is 0.767. The zero-order chi connectivity index (χ0) is 17.2. The minimum Gasteiger partial charge on any atom is -0.497 e. The third-order valence-corrected chi connectivity index (χ3v) is 4.59. The van der Waals surface area contributed by atoms with E-state index in [9.17, 15) is 4.79 Å². The van der Waals surface area contributed by atoms with Crippen molar-refractivity contribution in [1.29, 1.82) is 0 Å². The number of fused-ring (bicyclic) bond motifs is 1. The Balaban J connectivity index is 1.56. The van der Waals surface area contributed by atoms with Crippen LogP contribution in [0.1, 0.15) is 22.2 Å². The van der Waals surface area contributed by atoms with Gasteiger partial charge in [0.25, 0.3) is 5.91 Å². The van der Waals surface area contributed by atoms with Gasteiger partial charge in [0.15, 0.2) is 0 Å². The minimum atomic E-state index is -0.0802. The molecule has 0 bridgehead atoms. The van der Waals surface area contributed by atoms with Crippen LogP contribution in [0.3, 0.4) is 0 Å². The maximum Gasteiger partial charge on any atom is 0.270 e. The molecule has 1 fully saturated rings. The fourth-order valence-electron chi connectivity index (χ4n) is 3.22. The van der Waals surface area contributed by atoms with E-state index in [4.69, 9.17) is 9.47 Å². The Labute approximate surface area is 146 Å². The molecule has 0 spiro atoms. The number of hydrogen-bond donors (Lipinski definition) is 1. The second-order valence-corrected chi connectivity index (χ2v) is 6.16. The maximum atomic E-state index is 12.9. The molecule has 1 saturated heterocycles. The van der Waals surface area contributed by atoms with Crippen LogP contribution in [0.25, 0.3) is 10.9 Å². The van der Waals surface area contributed by atoms with Gasteiger partial charge in [0.1, 0.15) is 17.5 Å². The van der Waals surface area contributed by atoms with Crippen molar-refractivity contribution in [3.05, 3.63) is 65.9 Å². The molecule has 1 unspecified atom stereocenters. The van der Waals surface area contributed by atoms with Crippen LogP contribution in [0.4, 0.5) is 0 Å². The molecular formula is C20H20N2O3. The number of aromatic amines is 1. The SMILES string of the molecule is COc1ccc2cc(C(=O)N3CCOC(c4ccccc4)C3)[nH]c2c1. The molecule has 0 saturated carbocycles. The number of carbonyl (C=O) groups is 1. The highest BCUT2D eigenvalue weighted by atomic mass is 16.5. The number of nitrogens with one attached hydrogen (secondary N) is 1. The van der Waals surface area contributed by atoms with Crippen LogP contribution in [-0.2, 0) is 4.74 Å². The Morgan fingerprint density at radius 2 is 2.04 bits per heavy atom. The second-order valence-electron chi connectivity index (χ2n) is 6.16. The average Bonchev–Trinajstić information content (AvgIpc) is 3.11. The lowest BCUT2D eigenvalue weighted by Gasteiger charge is -2.33. The van der Waals surface area contributed by atoms with Crippen molar-refractivity contribution in [2.45, 2.75) is 6.10 Å². The molecule has 5 nitrogen and oxygen atoms in total. The lowest BCUT2D eigenvalue weighted by atomic mass is 10.1. The van der Waals surface area contributed by atoms with Gasteiger partial charge in [0.05, 0.1) is 20.3 Å². The average molecular weight is 336 g/mol. The Morgan fingerprint density at radius 3 is 2.84 bits per heavy atom. The van der Waals surface area contributed by atoms with Crippen LogP contribution in [0.2, 0.25) is 0 Å². The summed E-state index contributed by atoms with van der Waals surface area (Å²) in [6.45, 7) is 1.70. The van der Waals surface area contributed by atoms with Crippen LogP contribution in [0.5, 0.6) is 5.75 Å². The topological polar surface area (TPSA) is 54.6 Å². The van der Waals surface area contributed by atoms with E-state index in [0.29, 0.717) is 25.4 Å². The Morgan fingerprint density at radius 1 is 1.20 bits per heavy atom. The van der Waals surface area contributed by atoms with E-state index in [1.165, 1.54) is 0 Å². The van der Waals surface area contributed by atoms with Crippen molar-refractivity contribution in [2.75, 3.05) is 26.8 Å². The third kappa shape index (κ3) is 3.10. The molecule has 2 aromatic carbocycles. The molecule has 1 N–H and O–H groups in total. The Hall–Kier alpha value is -2.79. The van der Waals surface area contributed by atoms with Gasteiger partial charge >= 0.3 is 0 Å². The van der Waals surface area contributed by atoms with Crippen molar-refractivity contribution in [1.82, 2.24) is 9.88 Å². The minimum absolute atomic E-state index is 0.000557. The van der Waals surface area contributed by atoms with Crippen LogP contribution >= 0.6 is 0 Å². The molecule has 5 heteroatoms. The van der Waals surface area contributed by atoms with E-state index in [0.717, 1.165) is 22.2 Å². The van der Waals surface area contributed by atoms with Gasteiger partial charge in [-0.3, -0.25) is 4.79 Å². The van der Waals surface area contributed by atoms with Crippen molar-refractivity contribution in [2.24, 2.45) is 0 Å². The molecule has 1 amide bonds. The highest BCUT2D eigenvalue weighted by Crippen LogP contribution is 2.25. The number of carbonyl (C=O) groups excluding carboxylic acids is 1. The molecule has 1 atom stereocenters. The molecular weight excluding hydrogens is 316 g/mol. The summed E-state index contributed by atoms with van der Waals surface area (Å²) in [7, 11) is 1.63. The fraction of sp³-hybridized carbons (Fsp3) is 0.250. The van der Waals surface area contributed by atoms with Crippen LogP contribution < -0.4 is 4.74 Å². The molecule has 3 aromatic rings. The lowest BCUT2D eigenvalue weighted by Crippen LogP contribution is -2.42. The van der Waals surface area contributed by atoms with E-state index >= 15 is 0 Å². The Bertz CT molecular complexity index is 888. The molecule has 0 aliphatic carbocycles. The normalized spacial score (nSPS) is 17.6. The summed E-state index contributed by atoms with van der Waals surface area (Å²) < 4.78 is 11.1. The zero-order valence-corrected chi connectivity index (χ0v) is 14.1. The number of H-pyrrole nitrogens is 1. The van der Waals surface area contributed by atoms with Gasteiger partial charge in [-0.25, -0.2) is 0 Å². The molecule has 0 radical (unpaired) electrons. The predicted octanol–water partition coefficient (Wildman–Crippen LogP) is 3.39. The molecule has 1 aliphatic rings. The number of rotatable bonds is 3. The van der Waals surface area contributed by atoms with Crippen molar-refractivity contribution in [3.63, 3.8) is 0 Å². The molecule has 1 aliphatic heterocycles. The van der Waals surface area contributed by atoms with Gasteiger partial charge in [-0.05, 0) is 23.8 Å². The van der Waals surface area contributed by atoms with E-state index in [1.54, 1.807) is 7.11 Å². The molecule has 25 heavy (non-hydrogen) atoms. The van der Waals surface area contributed by atoms with E-state index < -0.39 is 0 Å². The van der Waals surface area contributed by atoms with Crippen LogP contribution in [0.15, 0.2) is 54.6 Å². The Kier molecular flexibility index (Phi) is 4.15. The summed E-state index contributed by atoms with van der Waals surface area (Å²) in [4.78, 5) is 18.0. The van der Waals surface area contributed by atoms with Gasteiger partial charge in [-0.2, -0.15) is 0 Å². The number of methoxy groups -OCH3 is 1. The zero-order valence-electron chi connectivity index (χ0n) is 14.1. The second kappa shape index (κ2) is 6.61. The highest BCUT2D eigenvalue weighted by molar-refractivity contribution is 5.98. The highest BCUT2D eigenvalue weighted by Gasteiger charge is 2.26. The van der Waals surface area contributed by atoms with E-state index in [-0.39, 0.29) is 12.0 Å². The summed E-state index contributed by atoms with van der Waals surface area (Å²) in [5.41, 5.74) is 2.59. The number of morpholine rings is 1. The standard InChI is InChI=1S/C20H20N2O3/c1-24-16-8-7-15-11-18(21-17(15)12-16)20(23)22-9-10-25-19(13-22)14-5-3-2-4-6-14/h2-8,11-12,19,21H,9-10,13H2,1H3. The summed E-state index contributed by atoms with van der Waals surface area (Å²) in [6, 6.07) is 17.7. The smallest absolute Gasteiger partial charge is 0.270 e. The first-order chi connectivity index (χ1) is 12.2. The monoisotopic (exact) mass is 336 g/mol. The number of ether oxygens (including phenoxy) is 2. The molecule has 1 aromatic heterocycles. The number of nitrogens with zero attached hydrogens (tertiary/aromatic N) is 1. The molecule has 128 valence electrons. The molecule has 2 heterocycles. The van der Waals surface area contributed by atoms with Gasteiger partial charge in [-0.1, -0.05) is 30.3 Å². The predicted molar refractivity (Wildman–Crippen MR) is 95.9 cm³/mol. The fourth-order valence-corrected chi connectivity index (χ4v) is 3.22. The van der Waals surface area contributed by atoms with Gasteiger partial charge in [0.2, 0.25) is 0 Å². The van der Waals surface area contributed by atoms with Gasteiger partial charge in [0, 0.05) is 23.5 Å². The largest absolute Gasteiger partial charge is 0.497 e. The van der Waals surface area contributed by atoms with E-state index in [1.807, 2.05) is 59.5 Å². The number of aromatic nitrogens is 1. The van der Waals surface area contributed by atoms with Gasteiger partial charge in [-0.15, -0.1) is 0 Å². The first kappa shape index (κ1) is 15.7. The summed E-state index contributed by atoms with van der Waals surface area (Å²) in [5, 5.41) is 0.997.